The Balaban J connectivity index is 1.52. The van der Waals surface area contributed by atoms with Crippen LogP contribution in [0, 0.1) is 0 Å². The number of pyridine rings is 1. The Kier molecular flexibility index (Phi) is 3.71. The first-order chi connectivity index (χ1) is 13.2. The van der Waals surface area contributed by atoms with Crippen LogP contribution in [0.25, 0.3) is 26.4 Å². The number of fused-ring (bicyclic) bond motifs is 2. The second-order valence-electron chi connectivity index (χ2n) is 6.44. The van der Waals surface area contributed by atoms with Gasteiger partial charge in [-0.3, -0.25) is 9.67 Å². The lowest BCUT2D eigenvalue weighted by atomic mass is 10.1. The molecule has 7 nitrogen and oxygen atoms in total. The number of hydrogen-bond acceptors (Lipinski definition) is 6. The number of aryl methyl sites for hydroxylation is 2. The number of hydrogen-bond donors (Lipinski definition) is 0. The van der Waals surface area contributed by atoms with Gasteiger partial charge in [0.05, 0.1) is 16.8 Å². The van der Waals surface area contributed by atoms with Crippen molar-refractivity contribution in [1.82, 2.24) is 34.6 Å². The molecule has 0 spiro atoms. The lowest BCUT2D eigenvalue weighted by molar-refractivity contribution is 0.746. The lowest BCUT2D eigenvalue weighted by Gasteiger charge is -2.01. The van der Waals surface area contributed by atoms with Gasteiger partial charge in [0.2, 0.25) is 4.96 Å². The van der Waals surface area contributed by atoms with Gasteiger partial charge in [0, 0.05) is 31.2 Å². The second kappa shape index (κ2) is 6.24. The molecule has 8 heteroatoms. The molecule has 134 valence electrons. The molecule has 0 atom stereocenters. The number of aromatic nitrogens is 7. The first kappa shape index (κ1) is 16.1. The Morgan fingerprint density at radius 2 is 2.04 bits per heavy atom. The van der Waals surface area contributed by atoms with Crippen molar-refractivity contribution in [2.24, 2.45) is 7.05 Å². The fourth-order valence-electron chi connectivity index (χ4n) is 3.27. The molecule has 5 aromatic rings. The van der Waals surface area contributed by atoms with Crippen LogP contribution in [0.2, 0.25) is 0 Å². The zero-order valence-corrected chi connectivity index (χ0v) is 15.8. The zero-order valence-electron chi connectivity index (χ0n) is 15.0. The van der Waals surface area contributed by atoms with Gasteiger partial charge in [0.1, 0.15) is 0 Å². The summed E-state index contributed by atoms with van der Waals surface area (Å²) < 4.78 is 3.68. The SMILES string of the molecule is CCc1nn(C)cc1-c1nn2c(Cc3ccc4ncccc4c3)nnc2s1. The van der Waals surface area contributed by atoms with Crippen molar-refractivity contribution in [3.63, 3.8) is 0 Å². The monoisotopic (exact) mass is 375 g/mol. The Morgan fingerprint density at radius 1 is 1.11 bits per heavy atom. The van der Waals surface area contributed by atoms with Crippen molar-refractivity contribution in [2.75, 3.05) is 0 Å². The van der Waals surface area contributed by atoms with Crippen molar-refractivity contribution in [3.8, 4) is 10.6 Å². The fraction of sp³-hybridized carbons (Fsp3) is 0.211. The highest BCUT2D eigenvalue weighted by molar-refractivity contribution is 7.19. The summed E-state index contributed by atoms with van der Waals surface area (Å²) in [5.41, 5.74) is 4.27. The standard InChI is InChI=1S/C19H17N7S/c1-3-15-14(11-25(2)23-15)18-24-26-17(21-22-19(26)27-18)10-12-6-7-16-13(9-12)5-4-8-20-16/h4-9,11H,3,10H2,1-2H3. The molecule has 0 aliphatic rings. The van der Waals surface area contributed by atoms with Crippen molar-refractivity contribution in [3.05, 3.63) is 59.8 Å². The summed E-state index contributed by atoms with van der Waals surface area (Å²) in [5, 5.41) is 20.0. The Labute approximate surface area is 159 Å². The second-order valence-corrected chi connectivity index (χ2v) is 7.40. The molecule has 1 aromatic carbocycles. The predicted molar refractivity (Wildman–Crippen MR) is 105 cm³/mol. The third kappa shape index (κ3) is 2.78. The van der Waals surface area contributed by atoms with Gasteiger partial charge in [-0.2, -0.15) is 14.7 Å². The largest absolute Gasteiger partial charge is 0.275 e. The van der Waals surface area contributed by atoms with E-state index in [1.807, 2.05) is 40.8 Å². The molecule has 0 amide bonds. The van der Waals surface area contributed by atoms with Gasteiger partial charge in [-0.15, -0.1) is 10.2 Å². The summed E-state index contributed by atoms with van der Waals surface area (Å²) in [6.07, 6.45) is 5.36. The summed E-state index contributed by atoms with van der Waals surface area (Å²) >= 11 is 1.54. The zero-order chi connectivity index (χ0) is 18.4. The average Bonchev–Trinajstić information content (AvgIpc) is 3.36. The van der Waals surface area contributed by atoms with Crippen molar-refractivity contribution >= 4 is 27.2 Å². The Hall–Kier alpha value is -3.13. The van der Waals surface area contributed by atoms with E-state index in [1.54, 1.807) is 11.3 Å². The normalized spacial score (nSPS) is 11.6. The quantitative estimate of drug-likeness (QED) is 0.482. The molecule has 0 aliphatic carbocycles. The molecule has 0 radical (unpaired) electrons. The van der Waals surface area contributed by atoms with E-state index in [-0.39, 0.29) is 0 Å². The van der Waals surface area contributed by atoms with Gasteiger partial charge in [0.25, 0.3) is 0 Å². The molecule has 4 aromatic heterocycles. The van der Waals surface area contributed by atoms with Crippen LogP contribution >= 0.6 is 11.3 Å². The van der Waals surface area contributed by atoms with Gasteiger partial charge in [-0.1, -0.05) is 30.4 Å². The molecule has 0 saturated heterocycles. The van der Waals surface area contributed by atoms with E-state index in [1.165, 1.54) is 0 Å². The van der Waals surface area contributed by atoms with Crippen molar-refractivity contribution in [2.45, 2.75) is 19.8 Å². The highest BCUT2D eigenvalue weighted by atomic mass is 32.1. The smallest absolute Gasteiger partial charge is 0.234 e. The van der Waals surface area contributed by atoms with Crippen LogP contribution in [0.15, 0.2) is 42.7 Å². The molecule has 4 heterocycles. The summed E-state index contributed by atoms with van der Waals surface area (Å²) in [6.45, 7) is 2.10. The molecule has 0 bridgehead atoms. The first-order valence-corrected chi connectivity index (χ1v) is 9.60. The minimum absolute atomic E-state index is 0.669. The maximum absolute atomic E-state index is 4.77. The summed E-state index contributed by atoms with van der Waals surface area (Å²) in [4.78, 5) is 5.17. The summed E-state index contributed by atoms with van der Waals surface area (Å²) in [5.74, 6) is 0.831. The lowest BCUT2D eigenvalue weighted by Crippen LogP contribution is -1.98. The minimum Gasteiger partial charge on any atom is -0.275 e. The first-order valence-electron chi connectivity index (χ1n) is 8.79. The van der Waals surface area contributed by atoms with E-state index in [9.17, 15) is 0 Å². The Bertz CT molecular complexity index is 1260. The summed E-state index contributed by atoms with van der Waals surface area (Å²) in [6, 6.07) is 10.3. The summed E-state index contributed by atoms with van der Waals surface area (Å²) in [7, 11) is 1.93. The van der Waals surface area contributed by atoms with E-state index in [0.717, 1.165) is 49.9 Å². The maximum atomic E-state index is 4.77. The van der Waals surface area contributed by atoms with E-state index in [0.29, 0.717) is 6.42 Å². The molecule has 27 heavy (non-hydrogen) atoms. The predicted octanol–water partition coefficient (Wildman–Crippen LogP) is 3.29. The van der Waals surface area contributed by atoms with Crippen LogP contribution in [0.3, 0.4) is 0 Å². The molecule has 5 rings (SSSR count). The van der Waals surface area contributed by atoms with E-state index in [2.05, 4.69) is 45.4 Å². The number of rotatable bonds is 4. The highest BCUT2D eigenvalue weighted by Crippen LogP contribution is 2.28. The average molecular weight is 375 g/mol. The molecule has 0 unspecified atom stereocenters. The van der Waals surface area contributed by atoms with Crippen LogP contribution in [0.1, 0.15) is 24.0 Å². The van der Waals surface area contributed by atoms with E-state index in [4.69, 9.17) is 5.10 Å². The van der Waals surface area contributed by atoms with Gasteiger partial charge < -0.3 is 0 Å². The number of benzene rings is 1. The van der Waals surface area contributed by atoms with Crippen LogP contribution in [0.5, 0.6) is 0 Å². The third-order valence-corrected chi connectivity index (χ3v) is 5.49. The van der Waals surface area contributed by atoms with Crippen LogP contribution in [0.4, 0.5) is 0 Å². The van der Waals surface area contributed by atoms with Gasteiger partial charge in [0.15, 0.2) is 10.8 Å². The van der Waals surface area contributed by atoms with Gasteiger partial charge >= 0.3 is 0 Å². The highest BCUT2D eigenvalue weighted by Gasteiger charge is 2.17. The van der Waals surface area contributed by atoms with Crippen LogP contribution < -0.4 is 0 Å². The van der Waals surface area contributed by atoms with Crippen molar-refractivity contribution < 1.29 is 0 Å². The van der Waals surface area contributed by atoms with E-state index >= 15 is 0 Å². The van der Waals surface area contributed by atoms with Gasteiger partial charge in [-0.05, 0) is 30.2 Å². The van der Waals surface area contributed by atoms with Crippen LogP contribution in [-0.4, -0.2) is 34.6 Å². The maximum Gasteiger partial charge on any atom is 0.234 e. The van der Waals surface area contributed by atoms with Gasteiger partial charge in [-0.25, -0.2) is 0 Å². The molecule has 0 saturated carbocycles. The topological polar surface area (TPSA) is 73.8 Å². The fourth-order valence-corrected chi connectivity index (χ4v) is 4.16. The minimum atomic E-state index is 0.669. The molecular weight excluding hydrogens is 358 g/mol. The molecule has 0 N–H and O–H groups in total. The third-order valence-electron chi connectivity index (χ3n) is 4.56. The molecule has 0 fully saturated rings. The van der Waals surface area contributed by atoms with Crippen LogP contribution in [-0.2, 0) is 19.9 Å². The van der Waals surface area contributed by atoms with E-state index < -0.39 is 0 Å². The number of nitrogens with zero attached hydrogens (tertiary/aromatic N) is 7. The Morgan fingerprint density at radius 3 is 2.93 bits per heavy atom. The molecular formula is C19H17N7S. The van der Waals surface area contributed by atoms with Crippen molar-refractivity contribution in [1.29, 1.82) is 0 Å². The molecule has 0 aliphatic heterocycles.